The second kappa shape index (κ2) is 7.63. The molecule has 86 valence electrons. The molecule has 6 heteroatoms. The summed E-state index contributed by atoms with van der Waals surface area (Å²) in [6.07, 6.45) is 3.33. The first kappa shape index (κ1) is 14.4. The molecule has 0 bridgehead atoms. The van der Waals surface area contributed by atoms with Crippen molar-refractivity contribution >= 4 is 5.91 Å². The molecule has 0 saturated heterocycles. The van der Waals surface area contributed by atoms with Crippen LogP contribution < -0.4 is 22.3 Å². The zero-order chi connectivity index (χ0) is 11.1. The Hall–Kier alpha value is -1.64. The number of amides is 1. The van der Waals surface area contributed by atoms with E-state index < -0.39 is 0 Å². The highest BCUT2D eigenvalue weighted by Gasteiger charge is 2.06. The summed E-state index contributed by atoms with van der Waals surface area (Å²) in [7, 11) is 0. The van der Waals surface area contributed by atoms with Crippen molar-refractivity contribution in [3.05, 3.63) is 30.1 Å². The lowest BCUT2D eigenvalue weighted by molar-refractivity contribution is -0.685. The summed E-state index contributed by atoms with van der Waals surface area (Å²) in [4.78, 5) is 11.4. The van der Waals surface area contributed by atoms with E-state index in [9.17, 15) is 4.79 Å². The van der Waals surface area contributed by atoms with Crippen molar-refractivity contribution in [2.45, 2.75) is 6.54 Å². The summed E-state index contributed by atoms with van der Waals surface area (Å²) in [6.45, 7) is 0.428. The molecule has 0 aromatic carbocycles. The fourth-order valence-electron chi connectivity index (χ4n) is 1.07. The van der Waals surface area contributed by atoms with Crippen molar-refractivity contribution in [2.75, 3.05) is 13.2 Å². The highest BCUT2D eigenvalue weighted by Crippen LogP contribution is 1.94. The van der Waals surface area contributed by atoms with Crippen LogP contribution >= 0.6 is 0 Å². The average molecular weight is 242 g/mol. The maximum atomic E-state index is 11.4. The molecule has 0 atom stereocenters. The first-order valence-electron chi connectivity index (χ1n) is 4.53. The Kier molecular flexibility index (Phi) is 6.84. The van der Waals surface area contributed by atoms with E-state index in [0.29, 0.717) is 5.56 Å². The predicted molar refractivity (Wildman–Crippen MR) is 51.7 cm³/mol. The molecule has 5 nitrogen and oxygen atoms in total. The van der Waals surface area contributed by atoms with Crippen molar-refractivity contribution in [3.8, 4) is 6.07 Å². The number of rotatable bonds is 4. The first-order valence-corrected chi connectivity index (χ1v) is 4.53. The van der Waals surface area contributed by atoms with Gasteiger partial charge in [-0.25, -0.2) is 0 Å². The van der Waals surface area contributed by atoms with Crippen molar-refractivity contribution in [1.29, 1.82) is 5.26 Å². The van der Waals surface area contributed by atoms with Crippen LogP contribution in [0.4, 0.5) is 0 Å². The van der Waals surface area contributed by atoms with Crippen LogP contribution in [-0.2, 0) is 6.54 Å². The van der Waals surface area contributed by atoms with Gasteiger partial charge >= 0.3 is 0 Å². The minimum atomic E-state index is -0.229. The third-order valence-corrected chi connectivity index (χ3v) is 1.80. The Morgan fingerprint density at radius 3 is 2.62 bits per heavy atom. The lowest BCUT2D eigenvalue weighted by Crippen LogP contribution is -3.00. The summed E-state index contributed by atoms with van der Waals surface area (Å²) >= 11 is 0. The van der Waals surface area contributed by atoms with Gasteiger partial charge in [0.05, 0.1) is 12.2 Å². The number of carbonyl (C=O) groups excluding carboxylic acids is 1. The molecule has 1 amide bonds. The number of hydrogen-bond acceptors (Lipinski definition) is 3. The molecule has 0 saturated carbocycles. The summed E-state index contributed by atoms with van der Waals surface area (Å²) in [5.74, 6) is -0.229. The van der Waals surface area contributed by atoms with Crippen LogP contribution in [0.15, 0.2) is 24.5 Å². The van der Waals surface area contributed by atoms with Crippen LogP contribution in [0, 0.1) is 11.3 Å². The molecule has 1 aromatic heterocycles. The molecule has 1 aromatic rings. The van der Waals surface area contributed by atoms with Crippen LogP contribution in [0.2, 0.25) is 0 Å². The summed E-state index contributed by atoms with van der Waals surface area (Å²) in [5.41, 5.74) is 0.512. The molecule has 0 fully saturated rings. The molecule has 16 heavy (non-hydrogen) atoms. The van der Waals surface area contributed by atoms with Crippen molar-refractivity contribution < 1.29 is 26.9 Å². The maximum Gasteiger partial charge on any atom is 0.251 e. The topological polar surface area (TPSA) is 77.0 Å². The fraction of sp³-hybridized carbons (Fsp3) is 0.300. The summed E-state index contributed by atoms with van der Waals surface area (Å²) < 4.78 is 1.67. The predicted octanol–water partition coefficient (Wildman–Crippen LogP) is -3.78. The fourth-order valence-corrected chi connectivity index (χ4v) is 1.07. The van der Waals surface area contributed by atoms with Crippen molar-refractivity contribution in [2.24, 2.45) is 0 Å². The standard InChI is InChI=1S/C10H11N3O2.ClH/c11-3-7-13-5-1-9(2-6-13)10(15)12-4-8-14;/h1-2,5-6,14H,4,7-8H2;1H. The van der Waals surface area contributed by atoms with E-state index in [-0.39, 0.29) is 38.0 Å². The van der Waals surface area contributed by atoms with Crippen molar-refractivity contribution in [1.82, 2.24) is 5.32 Å². The number of nitrogens with one attached hydrogen (secondary N) is 1. The molecule has 1 rings (SSSR count). The van der Waals surface area contributed by atoms with Gasteiger partial charge in [0.15, 0.2) is 12.4 Å². The van der Waals surface area contributed by atoms with Gasteiger partial charge in [-0.3, -0.25) is 4.79 Å². The number of nitriles is 1. The van der Waals surface area contributed by atoms with E-state index >= 15 is 0 Å². The normalized spacial score (nSPS) is 8.75. The summed E-state index contributed by atoms with van der Waals surface area (Å²) in [6, 6.07) is 5.25. The van der Waals surface area contributed by atoms with Crippen LogP contribution in [0.5, 0.6) is 0 Å². The Morgan fingerprint density at radius 1 is 1.50 bits per heavy atom. The van der Waals surface area contributed by atoms with Crippen molar-refractivity contribution in [3.63, 3.8) is 0 Å². The Morgan fingerprint density at radius 2 is 2.12 bits per heavy atom. The van der Waals surface area contributed by atoms with Crippen LogP contribution in [0.25, 0.3) is 0 Å². The zero-order valence-corrected chi connectivity index (χ0v) is 9.31. The highest BCUT2D eigenvalue weighted by molar-refractivity contribution is 5.93. The molecule has 0 radical (unpaired) electrons. The van der Waals surface area contributed by atoms with Gasteiger partial charge in [0.2, 0.25) is 6.54 Å². The van der Waals surface area contributed by atoms with Gasteiger partial charge in [-0.15, -0.1) is 0 Å². The number of nitrogens with zero attached hydrogens (tertiary/aromatic N) is 2. The van der Waals surface area contributed by atoms with Gasteiger partial charge < -0.3 is 22.8 Å². The molecule has 0 unspecified atom stereocenters. The molecule has 0 spiro atoms. The average Bonchev–Trinajstić information content (AvgIpc) is 2.27. The molecule has 0 aliphatic carbocycles. The van der Waals surface area contributed by atoms with Gasteiger partial charge in [0, 0.05) is 18.7 Å². The monoisotopic (exact) mass is 241 g/mol. The number of pyridine rings is 1. The first-order chi connectivity index (χ1) is 7.27. The number of hydrogen-bond donors (Lipinski definition) is 2. The minimum Gasteiger partial charge on any atom is -1.00 e. The quantitative estimate of drug-likeness (QED) is 0.532. The number of aromatic nitrogens is 1. The molecule has 0 aliphatic heterocycles. The third-order valence-electron chi connectivity index (χ3n) is 1.80. The van der Waals surface area contributed by atoms with Crippen LogP contribution in [0.3, 0.4) is 0 Å². The number of carbonyl (C=O) groups is 1. The van der Waals surface area contributed by atoms with Gasteiger partial charge in [0.1, 0.15) is 6.07 Å². The molecule has 1 heterocycles. The maximum absolute atomic E-state index is 11.4. The third kappa shape index (κ3) is 4.26. The molecular formula is C10H12ClN3O2. The van der Waals surface area contributed by atoms with E-state index in [2.05, 4.69) is 5.32 Å². The smallest absolute Gasteiger partial charge is 0.251 e. The lowest BCUT2D eigenvalue weighted by atomic mass is 10.2. The Bertz CT molecular complexity index is 373. The number of aliphatic hydroxyl groups excluding tert-OH is 1. The van der Waals surface area contributed by atoms with Crippen LogP contribution in [-0.4, -0.2) is 24.2 Å². The second-order valence-corrected chi connectivity index (χ2v) is 2.90. The number of aliphatic hydroxyl groups is 1. The van der Waals surface area contributed by atoms with Gasteiger partial charge in [-0.05, 0) is 0 Å². The molecule has 2 N–H and O–H groups in total. The molecule has 0 aliphatic rings. The number of halogens is 1. The van der Waals surface area contributed by atoms with E-state index in [1.54, 1.807) is 29.1 Å². The van der Waals surface area contributed by atoms with Crippen LogP contribution in [0.1, 0.15) is 10.4 Å². The highest BCUT2D eigenvalue weighted by atomic mass is 35.5. The minimum absolute atomic E-state index is 0. The van der Waals surface area contributed by atoms with E-state index in [1.165, 1.54) is 0 Å². The van der Waals surface area contributed by atoms with E-state index in [1.807, 2.05) is 6.07 Å². The Balaban J connectivity index is 0.00000225. The largest absolute Gasteiger partial charge is 1.00 e. The SMILES string of the molecule is N#CC[n+]1ccc(C(=O)NCCO)cc1.[Cl-]. The molecular weight excluding hydrogens is 230 g/mol. The van der Waals surface area contributed by atoms with E-state index in [4.69, 9.17) is 10.4 Å². The van der Waals surface area contributed by atoms with Gasteiger partial charge in [-0.1, -0.05) is 0 Å². The van der Waals surface area contributed by atoms with Gasteiger partial charge in [0.25, 0.3) is 5.91 Å². The second-order valence-electron chi connectivity index (χ2n) is 2.90. The lowest BCUT2D eigenvalue weighted by Gasteiger charge is -2.01. The zero-order valence-electron chi connectivity index (χ0n) is 8.56. The summed E-state index contributed by atoms with van der Waals surface area (Å²) in [5, 5.41) is 19.5. The van der Waals surface area contributed by atoms with E-state index in [0.717, 1.165) is 0 Å². The van der Waals surface area contributed by atoms with Gasteiger partial charge in [-0.2, -0.15) is 9.83 Å². The Labute approximate surface area is 99.7 Å².